The van der Waals surface area contributed by atoms with Crippen LogP contribution in [0.3, 0.4) is 0 Å². The molecule has 0 aromatic rings. The van der Waals surface area contributed by atoms with Gasteiger partial charge in [-0.25, -0.2) is 0 Å². The van der Waals surface area contributed by atoms with Crippen molar-refractivity contribution in [3.05, 3.63) is 0 Å². The van der Waals surface area contributed by atoms with Gasteiger partial charge in [0.15, 0.2) is 0 Å². The van der Waals surface area contributed by atoms with Gasteiger partial charge in [-0.1, -0.05) is 20.3 Å². The van der Waals surface area contributed by atoms with Gasteiger partial charge in [0.05, 0.1) is 6.10 Å². The highest BCUT2D eigenvalue weighted by Gasteiger charge is 2.02. The minimum Gasteiger partial charge on any atom is -0.359 e. The van der Waals surface area contributed by atoms with E-state index in [9.17, 15) is 0 Å². The summed E-state index contributed by atoms with van der Waals surface area (Å²) in [7, 11) is 1.65. The van der Waals surface area contributed by atoms with E-state index in [4.69, 9.17) is 9.47 Å². The van der Waals surface area contributed by atoms with Gasteiger partial charge >= 0.3 is 0 Å². The molecule has 1 atom stereocenters. The molecule has 0 amide bonds. The molecular weight excluding hydrogens is 128 g/mol. The van der Waals surface area contributed by atoms with Gasteiger partial charge in [0, 0.05) is 7.11 Å². The van der Waals surface area contributed by atoms with Crippen LogP contribution in [0.5, 0.6) is 0 Å². The van der Waals surface area contributed by atoms with Crippen LogP contribution in [0, 0.1) is 0 Å². The first-order valence-electron chi connectivity index (χ1n) is 3.95. The Morgan fingerprint density at radius 2 is 2.00 bits per heavy atom. The first-order valence-corrected chi connectivity index (χ1v) is 3.95. The van der Waals surface area contributed by atoms with Crippen LogP contribution < -0.4 is 0 Å². The predicted octanol–water partition coefficient (Wildman–Crippen LogP) is 2.19. The smallest absolute Gasteiger partial charge is 0.146 e. The summed E-state index contributed by atoms with van der Waals surface area (Å²) in [6.07, 6.45) is 3.80. The summed E-state index contributed by atoms with van der Waals surface area (Å²) in [4.78, 5) is 0. The van der Waals surface area contributed by atoms with E-state index in [-0.39, 0.29) is 0 Å². The number of methoxy groups -OCH3 is 1. The van der Waals surface area contributed by atoms with E-state index in [1.807, 2.05) is 0 Å². The molecule has 0 bridgehead atoms. The quantitative estimate of drug-likeness (QED) is 0.535. The van der Waals surface area contributed by atoms with E-state index in [1.54, 1.807) is 7.11 Å². The maximum Gasteiger partial charge on any atom is 0.146 e. The van der Waals surface area contributed by atoms with E-state index in [0.717, 1.165) is 12.8 Å². The van der Waals surface area contributed by atoms with Crippen LogP contribution >= 0.6 is 0 Å². The molecule has 0 spiro atoms. The van der Waals surface area contributed by atoms with E-state index in [0.29, 0.717) is 12.9 Å². The van der Waals surface area contributed by atoms with Crippen LogP contribution in [0.1, 0.15) is 33.1 Å². The van der Waals surface area contributed by atoms with Crippen LogP contribution in [0.2, 0.25) is 0 Å². The average Bonchev–Trinajstić information content (AvgIpc) is 1.98. The highest BCUT2D eigenvalue weighted by molar-refractivity contribution is 4.51. The Hall–Kier alpha value is -0.0800. The lowest BCUT2D eigenvalue weighted by atomic mass is 10.2. The summed E-state index contributed by atoms with van der Waals surface area (Å²) < 4.78 is 10.2. The standard InChI is InChI=1S/C8H18O2/c1-4-6-8(5-2)10-7-9-3/h8H,4-7H2,1-3H3/t8-/m0/s1. The van der Waals surface area contributed by atoms with Crippen molar-refractivity contribution in [1.29, 1.82) is 0 Å². The van der Waals surface area contributed by atoms with Crippen LogP contribution in [-0.2, 0) is 9.47 Å². The molecule has 2 heteroatoms. The summed E-state index contributed by atoms with van der Waals surface area (Å²) in [5, 5.41) is 0. The fraction of sp³-hybridized carbons (Fsp3) is 1.00. The SMILES string of the molecule is CCC[C@H](CC)OCOC. The van der Waals surface area contributed by atoms with Gasteiger partial charge in [0.25, 0.3) is 0 Å². The molecule has 62 valence electrons. The second-order valence-corrected chi connectivity index (χ2v) is 2.39. The molecule has 0 saturated carbocycles. The lowest BCUT2D eigenvalue weighted by Gasteiger charge is -2.13. The molecule has 0 aliphatic heterocycles. The topological polar surface area (TPSA) is 18.5 Å². The van der Waals surface area contributed by atoms with Crippen molar-refractivity contribution in [1.82, 2.24) is 0 Å². The van der Waals surface area contributed by atoms with Crippen molar-refractivity contribution in [2.75, 3.05) is 13.9 Å². The summed E-state index contributed by atoms with van der Waals surface area (Å²) in [5.41, 5.74) is 0. The van der Waals surface area contributed by atoms with E-state index in [1.165, 1.54) is 6.42 Å². The number of ether oxygens (including phenoxy) is 2. The third-order valence-corrected chi connectivity index (χ3v) is 1.49. The Morgan fingerprint density at radius 1 is 1.30 bits per heavy atom. The van der Waals surface area contributed by atoms with E-state index in [2.05, 4.69) is 13.8 Å². The third kappa shape index (κ3) is 4.77. The Morgan fingerprint density at radius 3 is 2.40 bits per heavy atom. The summed E-state index contributed by atoms with van der Waals surface area (Å²) >= 11 is 0. The third-order valence-electron chi connectivity index (χ3n) is 1.49. The van der Waals surface area contributed by atoms with Crippen molar-refractivity contribution < 1.29 is 9.47 Å². The monoisotopic (exact) mass is 146 g/mol. The molecule has 0 aromatic carbocycles. The Balaban J connectivity index is 3.21. The minimum absolute atomic E-state index is 0.393. The highest BCUT2D eigenvalue weighted by Crippen LogP contribution is 2.05. The lowest BCUT2D eigenvalue weighted by molar-refractivity contribution is -0.0750. The first kappa shape index (κ1) is 9.92. The second kappa shape index (κ2) is 7.03. The lowest BCUT2D eigenvalue weighted by Crippen LogP contribution is -2.12. The van der Waals surface area contributed by atoms with Crippen LogP contribution in [0.15, 0.2) is 0 Å². The van der Waals surface area contributed by atoms with Gasteiger partial charge in [-0.15, -0.1) is 0 Å². The molecular formula is C8H18O2. The zero-order valence-electron chi connectivity index (χ0n) is 7.22. The summed E-state index contributed by atoms with van der Waals surface area (Å²) in [6.45, 7) is 4.73. The number of hydrogen-bond acceptors (Lipinski definition) is 2. The predicted molar refractivity (Wildman–Crippen MR) is 41.9 cm³/mol. The molecule has 0 aliphatic rings. The molecule has 0 rings (SSSR count). The van der Waals surface area contributed by atoms with Crippen molar-refractivity contribution in [2.24, 2.45) is 0 Å². The molecule has 0 saturated heterocycles. The van der Waals surface area contributed by atoms with E-state index < -0.39 is 0 Å². The Kier molecular flexibility index (Phi) is 6.98. The molecule has 0 heterocycles. The van der Waals surface area contributed by atoms with Gasteiger partial charge in [-0.3, -0.25) is 0 Å². The fourth-order valence-corrected chi connectivity index (χ4v) is 0.892. The largest absolute Gasteiger partial charge is 0.359 e. The van der Waals surface area contributed by atoms with Crippen molar-refractivity contribution in [3.63, 3.8) is 0 Å². The molecule has 0 radical (unpaired) electrons. The van der Waals surface area contributed by atoms with Crippen LogP contribution in [0.25, 0.3) is 0 Å². The molecule has 0 unspecified atom stereocenters. The number of hydrogen-bond donors (Lipinski definition) is 0. The van der Waals surface area contributed by atoms with Gasteiger partial charge in [0.1, 0.15) is 6.79 Å². The van der Waals surface area contributed by atoms with Gasteiger partial charge in [-0.2, -0.15) is 0 Å². The maximum absolute atomic E-state index is 5.36. The molecule has 10 heavy (non-hydrogen) atoms. The van der Waals surface area contributed by atoms with Crippen LogP contribution in [-0.4, -0.2) is 20.0 Å². The summed E-state index contributed by atoms with van der Waals surface area (Å²) in [5.74, 6) is 0. The molecule has 0 N–H and O–H groups in total. The normalized spacial score (nSPS) is 13.5. The van der Waals surface area contributed by atoms with E-state index >= 15 is 0 Å². The number of rotatable bonds is 6. The minimum atomic E-state index is 0.393. The fourth-order valence-electron chi connectivity index (χ4n) is 0.892. The van der Waals surface area contributed by atoms with Crippen molar-refractivity contribution in [2.45, 2.75) is 39.2 Å². The van der Waals surface area contributed by atoms with Gasteiger partial charge in [0.2, 0.25) is 0 Å². The highest BCUT2D eigenvalue weighted by atomic mass is 16.7. The second-order valence-electron chi connectivity index (χ2n) is 2.39. The van der Waals surface area contributed by atoms with Crippen molar-refractivity contribution >= 4 is 0 Å². The Labute approximate surface area is 63.5 Å². The van der Waals surface area contributed by atoms with Gasteiger partial charge in [-0.05, 0) is 12.8 Å². The zero-order valence-corrected chi connectivity index (χ0v) is 7.22. The van der Waals surface area contributed by atoms with Gasteiger partial charge < -0.3 is 9.47 Å². The Bertz CT molecular complexity index is 64.3. The molecule has 2 nitrogen and oxygen atoms in total. The maximum atomic E-state index is 5.36. The molecule has 0 fully saturated rings. The van der Waals surface area contributed by atoms with Crippen LogP contribution in [0.4, 0.5) is 0 Å². The zero-order chi connectivity index (χ0) is 7.82. The van der Waals surface area contributed by atoms with Crippen molar-refractivity contribution in [3.8, 4) is 0 Å². The average molecular weight is 146 g/mol. The molecule has 0 aromatic heterocycles. The first-order chi connectivity index (χ1) is 4.85. The summed E-state index contributed by atoms with van der Waals surface area (Å²) in [6, 6.07) is 0. The molecule has 0 aliphatic carbocycles.